The lowest BCUT2D eigenvalue weighted by atomic mass is 10.2. The number of hydrogen-bond acceptors (Lipinski definition) is 7. The molecule has 0 radical (unpaired) electrons. The molecule has 0 aliphatic heterocycles. The number of anilines is 1. The van der Waals surface area contributed by atoms with Crippen LogP contribution >= 0.6 is 11.3 Å². The van der Waals surface area contributed by atoms with Crippen LogP contribution in [0.2, 0.25) is 0 Å². The van der Waals surface area contributed by atoms with Crippen molar-refractivity contribution in [2.45, 2.75) is 17.9 Å². The number of amides is 1. The fraction of sp³-hybridized carbons (Fsp3) is 0.167. The van der Waals surface area contributed by atoms with Gasteiger partial charge in [0.25, 0.3) is 0 Å². The average molecular weight is 418 g/mol. The predicted molar refractivity (Wildman–Crippen MR) is 107 cm³/mol. The normalized spacial score (nSPS) is 11.3. The highest BCUT2D eigenvalue weighted by Gasteiger charge is 2.09. The molecule has 0 fully saturated rings. The monoisotopic (exact) mass is 417 g/mol. The third kappa shape index (κ3) is 5.92. The third-order valence-corrected chi connectivity index (χ3v) is 5.55. The number of carbonyl (C=O) groups is 1. The van der Waals surface area contributed by atoms with Crippen LogP contribution < -0.4 is 15.8 Å². The summed E-state index contributed by atoms with van der Waals surface area (Å²) in [6, 6.07) is 16.1. The zero-order valence-corrected chi connectivity index (χ0v) is 16.5. The van der Waals surface area contributed by atoms with E-state index in [1.165, 1.54) is 23.5 Å². The molecule has 0 unspecified atom stereocenters. The highest BCUT2D eigenvalue weighted by atomic mass is 32.2. The number of nitrogens with one attached hydrogen (secondary N) is 2. The number of primary sulfonamides is 1. The van der Waals surface area contributed by atoms with E-state index in [1.807, 2.05) is 30.3 Å². The SMILES string of the molecule is NS(=O)(=O)c1ccc(CNCC(=O)Nc2nnc(Cc3ccccc3)s2)cc1. The van der Waals surface area contributed by atoms with Gasteiger partial charge in [0.15, 0.2) is 0 Å². The van der Waals surface area contributed by atoms with Crippen molar-refractivity contribution in [1.29, 1.82) is 0 Å². The van der Waals surface area contributed by atoms with Gasteiger partial charge in [0, 0.05) is 13.0 Å². The van der Waals surface area contributed by atoms with Crippen LogP contribution in [-0.2, 0) is 27.8 Å². The number of carbonyl (C=O) groups excluding carboxylic acids is 1. The molecule has 3 rings (SSSR count). The van der Waals surface area contributed by atoms with Gasteiger partial charge in [0.1, 0.15) is 5.01 Å². The lowest BCUT2D eigenvalue weighted by Crippen LogP contribution is -2.27. The number of nitrogens with zero attached hydrogens (tertiary/aromatic N) is 2. The van der Waals surface area contributed by atoms with Gasteiger partial charge in [-0.25, -0.2) is 13.6 Å². The van der Waals surface area contributed by atoms with Crippen LogP contribution in [0.1, 0.15) is 16.1 Å². The number of benzene rings is 2. The van der Waals surface area contributed by atoms with Crippen molar-refractivity contribution in [3.8, 4) is 0 Å². The second-order valence-corrected chi connectivity index (χ2v) is 8.63. The summed E-state index contributed by atoms with van der Waals surface area (Å²) in [4.78, 5) is 12.1. The second-order valence-electron chi connectivity index (χ2n) is 6.00. The van der Waals surface area contributed by atoms with Crippen LogP contribution in [0.3, 0.4) is 0 Å². The summed E-state index contributed by atoms with van der Waals surface area (Å²) < 4.78 is 22.4. The fourth-order valence-electron chi connectivity index (χ4n) is 2.43. The topological polar surface area (TPSA) is 127 Å². The van der Waals surface area contributed by atoms with Crippen molar-refractivity contribution in [2.75, 3.05) is 11.9 Å². The van der Waals surface area contributed by atoms with Crippen LogP contribution in [0.5, 0.6) is 0 Å². The number of aromatic nitrogens is 2. The molecule has 0 saturated heterocycles. The van der Waals surface area contributed by atoms with Gasteiger partial charge in [-0.3, -0.25) is 10.1 Å². The van der Waals surface area contributed by atoms with Crippen LogP contribution in [0.4, 0.5) is 5.13 Å². The number of sulfonamides is 1. The Morgan fingerprint density at radius 3 is 2.39 bits per heavy atom. The molecule has 146 valence electrons. The van der Waals surface area contributed by atoms with E-state index >= 15 is 0 Å². The summed E-state index contributed by atoms with van der Waals surface area (Å²) in [6.45, 7) is 0.498. The highest BCUT2D eigenvalue weighted by molar-refractivity contribution is 7.89. The Hall–Kier alpha value is -2.66. The number of nitrogens with two attached hydrogens (primary N) is 1. The van der Waals surface area contributed by atoms with Gasteiger partial charge < -0.3 is 5.32 Å². The van der Waals surface area contributed by atoms with Gasteiger partial charge in [-0.1, -0.05) is 53.8 Å². The van der Waals surface area contributed by atoms with E-state index in [0.717, 1.165) is 16.1 Å². The van der Waals surface area contributed by atoms with Crippen molar-refractivity contribution >= 4 is 32.4 Å². The first-order chi connectivity index (χ1) is 13.4. The molecule has 0 atom stereocenters. The molecule has 8 nitrogen and oxygen atoms in total. The fourth-order valence-corrected chi connectivity index (χ4v) is 3.73. The Bertz CT molecular complexity index is 1030. The van der Waals surface area contributed by atoms with Crippen molar-refractivity contribution in [2.24, 2.45) is 5.14 Å². The molecule has 1 aromatic heterocycles. The molecular weight excluding hydrogens is 398 g/mol. The first-order valence-electron chi connectivity index (χ1n) is 8.39. The molecule has 0 bridgehead atoms. The zero-order valence-electron chi connectivity index (χ0n) is 14.8. The first-order valence-corrected chi connectivity index (χ1v) is 10.7. The first kappa shape index (κ1) is 20.1. The molecular formula is C18H19N5O3S2. The number of rotatable bonds is 8. The molecule has 3 aromatic rings. The van der Waals surface area contributed by atoms with Crippen molar-refractivity contribution in [3.63, 3.8) is 0 Å². The molecule has 1 heterocycles. The summed E-state index contributed by atoms with van der Waals surface area (Å²) in [5, 5.41) is 20.1. The highest BCUT2D eigenvalue weighted by Crippen LogP contribution is 2.18. The third-order valence-electron chi connectivity index (χ3n) is 3.78. The van der Waals surface area contributed by atoms with Crippen molar-refractivity contribution < 1.29 is 13.2 Å². The van der Waals surface area contributed by atoms with E-state index in [9.17, 15) is 13.2 Å². The Kier molecular flexibility index (Phi) is 6.47. The second kappa shape index (κ2) is 9.02. The molecule has 0 aliphatic carbocycles. The molecule has 28 heavy (non-hydrogen) atoms. The van der Waals surface area contributed by atoms with Crippen molar-refractivity contribution in [1.82, 2.24) is 15.5 Å². The molecule has 2 aromatic carbocycles. The lowest BCUT2D eigenvalue weighted by molar-refractivity contribution is -0.115. The van der Waals surface area contributed by atoms with E-state index < -0.39 is 10.0 Å². The van der Waals surface area contributed by atoms with Crippen LogP contribution in [0.15, 0.2) is 59.5 Å². The molecule has 1 amide bonds. The summed E-state index contributed by atoms with van der Waals surface area (Å²) in [6.07, 6.45) is 0.668. The van der Waals surface area contributed by atoms with Gasteiger partial charge in [-0.2, -0.15) is 0 Å². The van der Waals surface area contributed by atoms with Gasteiger partial charge in [-0.15, -0.1) is 10.2 Å². The lowest BCUT2D eigenvalue weighted by Gasteiger charge is -2.05. The molecule has 0 saturated carbocycles. The smallest absolute Gasteiger partial charge is 0.240 e. The summed E-state index contributed by atoms with van der Waals surface area (Å²) in [5.41, 5.74) is 1.97. The molecule has 0 aliphatic rings. The van der Waals surface area contributed by atoms with Gasteiger partial charge in [-0.05, 0) is 23.3 Å². The van der Waals surface area contributed by atoms with Crippen molar-refractivity contribution in [3.05, 3.63) is 70.7 Å². The summed E-state index contributed by atoms with van der Waals surface area (Å²) in [5.74, 6) is -0.233. The maximum absolute atomic E-state index is 12.0. The van der Waals surface area contributed by atoms with E-state index in [2.05, 4.69) is 20.8 Å². The molecule has 10 heteroatoms. The summed E-state index contributed by atoms with van der Waals surface area (Å²) in [7, 11) is -3.70. The molecule has 0 spiro atoms. The minimum atomic E-state index is -3.70. The van der Waals surface area contributed by atoms with Gasteiger partial charge in [0.05, 0.1) is 11.4 Å². The Balaban J connectivity index is 1.44. The Morgan fingerprint density at radius 1 is 1.00 bits per heavy atom. The average Bonchev–Trinajstić information content (AvgIpc) is 3.09. The Labute approximate surface area is 166 Å². The zero-order chi connectivity index (χ0) is 20.0. The quantitative estimate of drug-likeness (QED) is 0.510. The van der Waals surface area contributed by atoms with Gasteiger partial charge >= 0.3 is 0 Å². The summed E-state index contributed by atoms with van der Waals surface area (Å²) >= 11 is 1.34. The van der Waals surface area contributed by atoms with Gasteiger partial charge in [0.2, 0.25) is 21.1 Å². The van der Waals surface area contributed by atoms with E-state index in [1.54, 1.807) is 12.1 Å². The minimum Gasteiger partial charge on any atom is -0.304 e. The largest absolute Gasteiger partial charge is 0.304 e. The Morgan fingerprint density at radius 2 is 1.71 bits per heavy atom. The van der Waals surface area contributed by atoms with Crippen LogP contribution in [-0.4, -0.2) is 31.1 Å². The maximum Gasteiger partial charge on any atom is 0.240 e. The molecule has 4 N–H and O–H groups in total. The maximum atomic E-state index is 12.0. The standard InChI is InChI=1S/C18H19N5O3S2/c19-28(25,26)15-8-6-14(7-9-15)11-20-12-16(24)21-18-23-22-17(27-18)10-13-4-2-1-3-5-13/h1-9,20H,10-12H2,(H2,19,25,26)(H,21,23,24). The minimum absolute atomic E-state index is 0.0524. The number of hydrogen-bond donors (Lipinski definition) is 3. The van der Waals surface area contributed by atoms with Crippen LogP contribution in [0.25, 0.3) is 0 Å². The van der Waals surface area contributed by atoms with Crippen LogP contribution in [0, 0.1) is 0 Å². The van der Waals surface area contributed by atoms with E-state index in [-0.39, 0.29) is 17.3 Å². The predicted octanol–water partition coefficient (Wildman–Crippen LogP) is 1.50. The van der Waals surface area contributed by atoms with E-state index in [4.69, 9.17) is 5.14 Å². The van der Waals surface area contributed by atoms with E-state index in [0.29, 0.717) is 18.1 Å².